The van der Waals surface area contributed by atoms with Gasteiger partial charge in [-0.15, -0.1) is 22.7 Å². The summed E-state index contributed by atoms with van der Waals surface area (Å²) >= 11 is 3.02. The van der Waals surface area contributed by atoms with Gasteiger partial charge >= 0.3 is 0 Å². The normalized spacial score (nSPS) is 12.4. The molecule has 0 saturated carbocycles. The number of aryl methyl sites for hydroxylation is 1. The lowest BCUT2D eigenvalue weighted by Gasteiger charge is -2.17. The van der Waals surface area contributed by atoms with Crippen LogP contribution in [0.4, 0.5) is 0 Å². The SMILES string of the molecule is Cc1nc(-c2cccs2)sc1C(=O)N(C)CC(C)O. The van der Waals surface area contributed by atoms with E-state index < -0.39 is 6.10 Å². The molecule has 1 N–H and O–H groups in total. The zero-order valence-corrected chi connectivity index (χ0v) is 12.7. The quantitative estimate of drug-likeness (QED) is 0.943. The van der Waals surface area contributed by atoms with Gasteiger partial charge in [0.2, 0.25) is 0 Å². The number of aromatic nitrogens is 1. The Morgan fingerprint density at radius 2 is 2.32 bits per heavy atom. The number of carbonyl (C=O) groups is 1. The van der Waals surface area contributed by atoms with Crippen LogP contribution in [-0.4, -0.2) is 40.6 Å². The van der Waals surface area contributed by atoms with Crippen LogP contribution in [0.1, 0.15) is 22.3 Å². The second-order valence-corrected chi connectivity index (χ2v) is 6.39. The molecule has 0 saturated heterocycles. The summed E-state index contributed by atoms with van der Waals surface area (Å²) in [6.07, 6.45) is -0.529. The Labute approximate surface area is 120 Å². The lowest BCUT2D eigenvalue weighted by atomic mass is 10.3. The molecular weight excluding hydrogens is 280 g/mol. The Hall–Kier alpha value is -1.24. The minimum Gasteiger partial charge on any atom is -0.392 e. The average Bonchev–Trinajstić information content (AvgIpc) is 2.95. The van der Waals surface area contributed by atoms with Crippen LogP contribution in [0.5, 0.6) is 0 Å². The summed E-state index contributed by atoms with van der Waals surface area (Å²) in [5.74, 6) is -0.0845. The fraction of sp³-hybridized carbons (Fsp3) is 0.385. The molecule has 102 valence electrons. The largest absolute Gasteiger partial charge is 0.392 e. The molecule has 2 aromatic rings. The summed E-state index contributed by atoms with van der Waals surface area (Å²) in [4.78, 5) is 20.0. The van der Waals surface area contributed by atoms with Crippen LogP contribution in [0.2, 0.25) is 0 Å². The number of rotatable bonds is 4. The average molecular weight is 296 g/mol. The molecule has 6 heteroatoms. The standard InChI is InChI=1S/C13H16N2O2S2/c1-8(16)7-15(3)13(17)11-9(2)14-12(19-11)10-5-4-6-18-10/h4-6,8,16H,7H2,1-3H3. The number of thiophene rings is 1. The van der Waals surface area contributed by atoms with Crippen molar-refractivity contribution in [1.29, 1.82) is 0 Å². The molecule has 0 aliphatic carbocycles. The van der Waals surface area contributed by atoms with E-state index >= 15 is 0 Å². The van der Waals surface area contributed by atoms with Gasteiger partial charge in [-0.05, 0) is 25.3 Å². The van der Waals surface area contributed by atoms with E-state index in [0.29, 0.717) is 11.4 Å². The lowest BCUT2D eigenvalue weighted by Crippen LogP contribution is -2.32. The Morgan fingerprint density at radius 1 is 1.58 bits per heavy atom. The molecular formula is C13H16N2O2S2. The second kappa shape index (κ2) is 5.81. The molecule has 1 atom stereocenters. The summed E-state index contributed by atoms with van der Waals surface area (Å²) in [6, 6.07) is 3.97. The van der Waals surface area contributed by atoms with E-state index in [9.17, 15) is 9.90 Å². The molecule has 0 aromatic carbocycles. The van der Waals surface area contributed by atoms with Crippen LogP contribution < -0.4 is 0 Å². The molecule has 1 unspecified atom stereocenters. The summed E-state index contributed by atoms with van der Waals surface area (Å²) in [5.41, 5.74) is 0.746. The second-order valence-electron chi connectivity index (χ2n) is 4.45. The van der Waals surface area contributed by atoms with Gasteiger partial charge in [0.15, 0.2) is 0 Å². The van der Waals surface area contributed by atoms with Crippen molar-refractivity contribution < 1.29 is 9.90 Å². The number of aliphatic hydroxyl groups excluding tert-OH is 1. The molecule has 2 rings (SSSR count). The molecule has 0 bridgehead atoms. The van der Waals surface area contributed by atoms with E-state index in [1.54, 1.807) is 25.3 Å². The number of carbonyl (C=O) groups excluding carboxylic acids is 1. The van der Waals surface area contributed by atoms with E-state index in [4.69, 9.17) is 0 Å². The molecule has 0 aliphatic rings. The molecule has 0 aliphatic heterocycles. The number of aliphatic hydroxyl groups is 1. The monoisotopic (exact) mass is 296 g/mol. The Morgan fingerprint density at radius 3 is 2.89 bits per heavy atom. The number of hydrogen-bond donors (Lipinski definition) is 1. The summed E-state index contributed by atoms with van der Waals surface area (Å²) in [7, 11) is 1.69. The predicted octanol–water partition coefficient (Wildman–Crippen LogP) is 2.63. The van der Waals surface area contributed by atoms with Gasteiger partial charge in [-0.2, -0.15) is 0 Å². The fourth-order valence-electron chi connectivity index (χ4n) is 1.75. The summed E-state index contributed by atoms with van der Waals surface area (Å²) in [6.45, 7) is 3.84. The van der Waals surface area contributed by atoms with Crippen molar-refractivity contribution in [2.75, 3.05) is 13.6 Å². The highest BCUT2D eigenvalue weighted by molar-refractivity contribution is 7.22. The molecule has 1 amide bonds. The lowest BCUT2D eigenvalue weighted by molar-refractivity contribution is 0.0707. The maximum atomic E-state index is 12.3. The highest BCUT2D eigenvalue weighted by atomic mass is 32.1. The van der Waals surface area contributed by atoms with Crippen molar-refractivity contribution in [3.8, 4) is 9.88 Å². The van der Waals surface area contributed by atoms with Gasteiger partial charge in [0.1, 0.15) is 9.88 Å². The number of thiazole rings is 1. The predicted molar refractivity (Wildman–Crippen MR) is 78.8 cm³/mol. The van der Waals surface area contributed by atoms with Crippen LogP contribution in [-0.2, 0) is 0 Å². The number of likely N-dealkylation sites (N-methyl/N-ethyl adjacent to an activating group) is 1. The Kier molecular flexibility index (Phi) is 4.34. The van der Waals surface area contributed by atoms with Crippen molar-refractivity contribution in [2.45, 2.75) is 20.0 Å². The first kappa shape index (κ1) is 14.2. The summed E-state index contributed by atoms with van der Waals surface area (Å²) < 4.78 is 0. The number of nitrogens with zero attached hydrogens (tertiary/aromatic N) is 2. The third kappa shape index (κ3) is 3.20. The third-order valence-electron chi connectivity index (χ3n) is 2.61. The van der Waals surface area contributed by atoms with E-state index in [1.165, 1.54) is 16.2 Å². The van der Waals surface area contributed by atoms with Crippen LogP contribution in [0.25, 0.3) is 9.88 Å². The van der Waals surface area contributed by atoms with E-state index in [2.05, 4.69) is 4.98 Å². The van der Waals surface area contributed by atoms with Crippen molar-refractivity contribution in [3.63, 3.8) is 0 Å². The first-order chi connectivity index (χ1) is 8.99. The van der Waals surface area contributed by atoms with Gasteiger partial charge in [0.25, 0.3) is 5.91 Å². The van der Waals surface area contributed by atoms with E-state index in [-0.39, 0.29) is 5.91 Å². The van der Waals surface area contributed by atoms with E-state index in [1.807, 2.05) is 24.4 Å². The van der Waals surface area contributed by atoms with Crippen molar-refractivity contribution in [1.82, 2.24) is 9.88 Å². The minimum absolute atomic E-state index is 0.0845. The number of hydrogen-bond acceptors (Lipinski definition) is 5. The molecule has 0 fully saturated rings. The van der Waals surface area contributed by atoms with Gasteiger partial charge in [-0.1, -0.05) is 6.07 Å². The van der Waals surface area contributed by atoms with E-state index in [0.717, 1.165) is 15.6 Å². The highest BCUT2D eigenvalue weighted by Gasteiger charge is 2.20. The maximum absolute atomic E-state index is 12.3. The highest BCUT2D eigenvalue weighted by Crippen LogP contribution is 2.31. The molecule has 2 heterocycles. The van der Waals surface area contributed by atoms with Crippen LogP contribution in [0.3, 0.4) is 0 Å². The van der Waals surface area contributed by atoms with Crippen molar-refractivity contribution in [3.05, 3.63) is 28.1 Å². The van der Waals surface area contributed by atoms with Crippen LogP contribution >= 0.6 is 22.7 Å². The molecule has 19 heavy (non-hydrogen) atoms. The van der Waals surface area contributed by atoms with Gasteiger partial charge in [-0.3, -0.25) is 4.79 Å². The Bertz CT molecular complexity index is 561. The van der Waals surface area contributed by atoms with Gasteiger partial charge in [0.05, 0.1) is 16.7 Å². The maximum Gasteiger partial charge on any atom is 0.265 e. The zero-order chi connectivity index (χ0) is 14.0. The van der Waals surface area contributed by atoms with Crippen molar-refractivity contribution in [2.24, 2.45) is 0 Å². The smallest absolute Gasteiger partial charge is 0.265 e. The topological polar surface area (TPSA) is 53.4 Å². The third-order valence-corrected chi connectivity index (χ3v) is 4.79. The zero-order valence-electron chi connectivity index (χ0n) is 11.1. The van der Waals surface area contributed by atoms with Crippen LogP contribution in [0, 0.1) is 6.92 Å². The number of amides is 1. The molecule has 4 nitrogen and oxygen atoms in total. The van der Waals surface area contributed by atoms with Gasteiger partial charge in [-0.25, -0.2) is 4.98 Å². The first-order valence-electron chi connectivity index (χ1n) is 5.94. The fourth-order valence-corrected chi connectivity index (χ4v) is 3.61. The molecule has 0 radical (unpaired) electrons. The molecule has 2 aromatic heterocycles. The molecule has 0 spiro atoms. The Balaban J connectivity index is 2.23. The minimum atomic E-state index is -0.529. The van der Waals surface area contributed by atoms with Crippen molar-refractivity contribution >= 4 is 28.6 Å². The van der Waals surface area contributed by atoms with Crippen LogP contribution in [0.15, 0.2) is 17.5 Å². The first-order valence-corrected chi connectivity index (χ1v) is 7.63. The van der Waals surface area contributed by atoms with Gasteiger partial charge < -0.3 is 10.0 Å². The van der Waals surface area contributed by atoms with Gasteiger partial charge in [0, 0.05) is 13.6 Å². The summed E-state index contributed by atoms with van der Waals surface area (Å²) in [5, 5.41) is 12.2.